The fourth-order valence-corrected chi connectivity index (χ4v) is 4.29. The van der Waals surface area contributed by atoms with Crippen LogP contribution < -0.4 is 21.9 Å². The number of Topliss-reactive ketones (excluding diaryl/α,β-unsaturated/α-hetero) is 1. The maximum Gasteiger partial charge on any atom is 0.336 e. The van der Waals surface area contributed by atoms with Crippen molar-refractivity contribution in [2.45, 2.75) is 38.8 Å². The van der Waals surface area contributed by atoms with Crippen LogP contribution in [0.3, 0.4) is 0 Å². The van der Waals surface area contributed by atoms with Crippen molar-refractivity contribution in [3.63, 3.8) is 0 Å². The molecule has 0 saturated heterocycles. The Morgan fingerprint density at radius 2 is 1.55 bits per heavy atom. The number of hydrogen-bond donors (Lipinski definition) is 2. The molecule has 1 saturated carbocycles. The van der Waals surface area contributed by atoms with E-state index in [1.165, 1.54) is 11.5 Å². The summed E-state index contributed by atoms with van der Waals surface area (Å²) < 4.78 is 2.29. The zero-order chi connectivity index (χ0) is 26.8. The zero-order valence-electron chi connectivity index (χ0n) is 20.8. The number of carbonyl (C=O) groups is 3. The number of para-hydroxylation sites is 1. The van der Waals surface area contributed by atoms with Gasteiger partial charge in [-0.15, -0.1) is 0 Å². The van der Waals surface area contributed by atoms with Crippen LogP contribution in [0, 0.1) is 0 Å². The highest BCUT2D eigenvalue weighted by molar-refractivity contribution is 5.96. The molecule has 9 heteroatoms. The molecule has 0 atom stereocenters. The first-order valence-corrected chi connectivity index (χ1v) is 12.3. The maximum absolute atomic E-state index is 13.5. The van der Waals surface area contributed by atoms with Crippen molar-refractivity contribution in [3.8, 4) is 5.69 Å². The van der Waals surface area contributed by atoms with E-state index in [0.717, 1.165) is 23.0 Å². The third-order valence-electron chi connectivity index (χ3n) is 6.43. The number of aromatic nitrogens is 2. The van der Waals surface area contributed by atoms with E-state index >= 15 is 0 Å². The Kier molecular flexibility index (Phi) is 6.74. The lowest BCUT2D eigenvalue weighted by atomic mass is 10.1. The summed E-state index contributed by atoms with van der Waals surface area (Å²) in [7, 11) is 0. The SMILES string of the molecule is CC(=O)c1ccc(NC(=O)Cn2c(=O)n(-c3ccc(CC(=O)NC4CC4)cc3)c(=O)c3ccccc32)cc1. The van der Waals surface area contributed by atoms with E-state index in [-0.39, 0.29) is 30.7 Å². The molecule has 38 heavy (non-hydrogen) atoms. The van der Waals surface area contributed by atoms with Crippen molar-refractivity contribution in [1.82, 2.24) is 14.5 Å². The van der Waals surface area contributed by atoms with Gasteiger partial charge in [-0.1, -0.05) is 24.3 Å². The molecule has 0 spiro atoms. The van der Waals surface area contributed by atoms with Crippen LogP contribution in [0.25, 0.3) is 16.6 Å². The van der Waals surface area contributed by atoms with Gasteiger partial charge in [0, 0.05) is 17.3 Å². The monoisotopic (exact) mass is 510 g/mol. The summed E-state index contributed by atoms with van der Waals surface area (Å²) in [6.07, 6.45) is 2.22. The summed E-state index contributed by atoms with van der Waals surface area (Å²) in [6.45, 7) is 1.13. The van der Waals surface area contributed by atoms with Crippen molar-refractivity contribution in [1.29, 1.82) is 0 Å². The molecule has 1 aromatic heterocycles. The van der Waals surface area contributed by atoms with Crippen molar-refractivity contribution in [3.05, 3.63) is 105 Å². The molecule has 0 unspecified atom stereocenters. The minimum Gasteiger partial charge on any atom is -0.353 e. The van der Waals surface area contributed by atoms with Gasteiger partial charge in [-0.3, -0.25) is 23.7 Å². The number of benzene rings is 3. The fourth-order valence-electron chi connectivity index (χ4n) is 4.29. The first-order valence-electron chi connectivity index (χ1n) is 12.3. The number of rotatable bonds is 8. The molecule has 192 valence electrons. The van der Waals surface area contributed by atoms with Crippen LogP contribution in [-0.2, 0) is 22.6 Å². The second kappa shape index (κ2) is 10.3. The highest BCUT2D eigenvalue weighted by atomic mass is 16.2. The number of carbonyl (C=O) groups excluding carboxylic acids is 3. The topological polar surface area (TPSA) is 119 Å². The van der Waals surface area contributed by atoms with Crippen LogP contribution in [0.4, 0.5) is 5.69 Å². The molecular weight excluding hydrogens is 484 g/mol. The third-order valence-corrected chi connectivity index (χ3v) is 6.43. The van der Waals surface area contributed by atoms with Crippen molar-refractivity contribution < 1.29 is 14.4 Å². The molecule has 0 radical (unpaired) electrons. The van der Waals surface area contributed by atoms with Gasteiger partial charge >= 0.3 is 5.69 Å². The predicted molar refractivity (Wildman–Crippen MR) is 144 cm³/mol. The van der Waals surface area contributed by atoms with Gasteiger partial charge < -0.3 is 10.6 Å². The maximum atomic E-state index is 13.5. The Morgan fingerprint density at radius 1 is 0.868 bits per heavy atom. The van der Waals surface area contributed by atoms with Gasteiger partial charge in [0.1, 0.15) is 6.54 Å². The second-order valence-corrected chi connectivity index (χ2v) is 9.39. The van der Waals surface area contributed by atoms with Gasteiger partial charge in [-0.25, -0.2) is 9.36 Å². The van der Waals surface area contributed by atoms with E-state index < -0.39 is 17.2 Å². The lowest BCUT2D eigenvalue weighted by Crippen LogP contribution is -2.40. The summed E-state index contributed by atoms with van der Waals surface area (Å²) in [5.41, 5.74) is 1.28. The van der Waals surface area contributed by atoms with Crippen LogP contribution in [0.2, 0.25) is 0 Å². The van der Waals surface area contributed by atoms with E-state index in [1.807, 2.05) is 0 Å². The normalized spacial score (nSPS) is 12.8. The Bertz CT molecular complexity index is 1660. The van der Waals surface area contributed by atoms with Crippen molar-refractivity contribution in [2.24, 2.45) is 0 Å². The van der Waals surface area contributed by atoms with Gasteiger partial charge in [-0.2, -0.15) is 0 Å². The number of amides is 2. The highest BCUT2D eigenvalue weighted by Crippen LogP contribution is 2.19. The molecule has 1 heterocycles. The summed E-state index contributed by atoms with van der Waals surface area (Å²) in [5.74, 6) is -0.611. The molecule has 3 aromatic carbocycles. The van der Waals surface area contributed by atoms with Crippen LogP contribution in [0.1, 0.15) is 35.7 Å². The molecule has 5 rings (SSSR count). The Hall–Kier alpha value is -4.79. The molecule has 4 aromatic rings. The van der Waals surface area contributed by atoms with Crippen molar-refractivity contribution >= 4 is 34.2 Å². The van der Waals surface area contributed by atoms with Gasteiger partial charge in [0.15, 0.2) is 5.78 Å². The van der Waals surface area contributed by atoms with E-state index in [0.29, 0.717) is 27.8 Å². The lowest BCUT2D eigenvalue weighted by Gasteiger charge is -2.14. The highest BCUT2D eigenvalue weighted by Gasteiger charge is 2.23. The average Bonchev–Trinajstić information content (AvgIpc) is 3.72. The Labute approximate surface area is 217 Å². The van der Waals surface area contributed by atoms with Crippen LogP contribution in [-0.4, -0.2) is 32.8 Å². The van der Waals surface area contributed by atoms with Gasteiger partial charge in [0.25, 0.3) is 5.56 Å². The zero-order valence-corrected chi connectivity index (χ0v) is 20.8. The average molecular weight is 511 g/mol. The quantitative estimate of drug-likeness (QED) is 0.353. The molecule has 0 bridgehead atoms. The molecule has 1 aliphatic rings. The van der Waals surface area contributed by atoms with E-state index in [9.17, 15) is 24.0 Å². The minimum atomic E-state index is -0.657. The Balaban J connectivity index is 1.45. The number of hydrogen-bond acceptors (Lipinski definition) is 5. The van der Waals surface area contributed by atoms with Gasteiger partial charge in [0.05, 0.1) is 23.0 Å². The minimum absolute atomic E-state index is 0.0626. The molecular formula is C29H26N4O5. The van der Waals surface area contributed by atoms with E-state index in [2.05, 4.69) is 10.6 Å². The molecule has 1 fully saturated rings. The van der Waals surface area contributed by atoms with Crippen LogP contribution in [0.5, 0.6) is 0 Å². The molecule has 2 amide bonds. The largest absolute Gasteiger partial charge is 0.353 e. The van der Waals surface area contributed by atoms with E-state index in [4.69, 9.17) is 0 Å². The van der Waals surface area contributed by atoms with Crippen LogP contribution >= 0.6 is 0 Å². The third kappa shape index (κ3) is 5.31. The first kappa shape index (κ1) is 24.9. The molecule has 0 aliphatic heterocycles. The van der Waals surface area contributed by atoms with Gasteiger partial charge in [-0.05, 0) is 73.9 Å². The van der Waals surface area contributed by atoms with Crippen molar-refractivity contribution in [2.75, 3.05) is 5.32 Å². The number of ketones is 1. The van der Waals surface area contributed by atoms with E-state index in [1.54, 1.807) is 72.8 Å². The number of nitrogens with zero attached hydrogens (tertiary/aromatic N) is 2. The number of anilines is 1. The lowest BCUT2D eigenvalue weighted by molar-refractivity contribution is -0.120. The second-order valence-electron chi connectivity index (χ2n) is 9.39. The first-order chi connectivity index (χ1) is 18.3. The standard InChI is InChI=1S/C29H26N4O5/c1-18(34)20-8-10-21(11-9-20)31-27(36)17-32-25-5-3-2-4-24(25)28(37)33(29(32)38)23-14-6-19(7-15-23)16-26(35)30-22-12-13-22/h2-11,14-15,22H,12-13,16-17H2,1H3,(H,30,35)(H,31,36). The number of nitrogens with one attached hydrogen (secondary N) is 2. The summed E-state index contributed by atoms with van der Waals surface area (Å²) in [6, 6.07) is 20.0. The molecule has 1 aliphatic carbocycles. The summed E-state index contributed by atoms with van der Waals surface area (Å²) >= 11 is 0. The smallest absolute Gasteiger partial charge is 0.336 e. The predicted octanol–water partition coefficient (Wildman–Crippen LogP) is 2.81. The summed E-state index contributed by atoms with van der Waals surface area (Å²) in [5, 5.41) is 5.96. The fraction of sp³-hybridized carbons (Fsp3) is 0.207. The van der Waals surface area contributed by atoms with Gasteiger partial charge in [0.2, 0.25) is 11.8 Å². The molecule has 9 nitrogen and oxygen atoms in total. The van der Waals surface area contributed by atoms with Crippen LogP contribution in [0.15, 0.2) is 82.4 Å². The molecule has 2 N–H and O–H groups in total. The number of fused-ring (bicyclic) bond motifs is 1. The Morgan fingerprint density at radius 3 is 2.21 bits per heavy atom. The summed E-state index contributed by atoms with van der Waals surface area (Å²) in [4.78, 5) is 63.4.